The van der Waals surface area contributed by atoms with Crippen LogP contribution in [0, 0.1) is 16.7 Å². The van der Waals surface area contributed by atoms with Crippen molar-refractivity contribution in [3.63, 3.8) is 0 Å². The number of carbonyl (C=O) groups excluding carboxylic acids is 1. The lowest BCUT2D eigenvalue weighted by Crippen LogP contribution is -2.49. The van der Waals surface area contributed by atoms with E-state index in [0.29, 0.717) is 19.7 Å². The normalized spacial score (nSPS) is 18.4. The second-order valence-electron chi connectivity index (χ2n) is 8.10. The molecule has 0 atom stereocenters. The third-order valence-corrected chi connectivity index (χ3v) is 4.41. The number of hydrogen-bond acceptors (Lipinski definition) is 4. The molecule has 0 aromatic heterocycles. The van der Waals surface area contributed by atoms with E-state index in [1.54, 1.807) is 4.90 Å². The highest BCUT2D eigenvalue weighted by Gasteiger charge is 2.37. The summed E-state index contributed by atoms with van der Waals surface area (Å²) in [5, 5.41) is 9.08. The third kappa shape index (κ3) is 6.39. The molecule has 1 amide bonds. The van der Waals surface area contributed by atoms with Gasteiger partial charge in [0.15, 0.2) is 0 Å². The number of nitriles is 1. The van der Waals surface area contributed by atoms with Crippen LogP contribution in [0.25, 0.3) is 0 Å². The predicted molar refractivity (Wildman–Crippen MR) is 90.0 cm³/mol. The molecular formula is C18H32N2O3. The predicted octanol–water partition coefficient (Wildman–Crippen LogP) is 4.12. The Bertz CT molecular complexity index is 438. The molecule has 0 radical (unpaired) electrons. The number of carbonyl (C=O) groups is 1. The Balaban J connectivity index is 2.50. The summed E-state index contributed by atoms with van der Waals surface area (Å²) in [5.41, 5.74) is -0.994. The molecule has 1 aliphatic rings. The molecule has 0 aromatic rings. The average Bonchev–Trinajstić information content (AvgIpc) is 2.46. The number of piperidine rings is 1. The number of ether oxygens (including phenoxy) is 2. The van der Waals surface area contributed by atoms with Gasteiger partial charge in [0, 0.05) is 19.7 Å². The van der Waals surface area contributed by atoms with E-state index in [9.17, 15) is 4.79 Å². The molecule has 0 N–H and O–H groups in total. The molecule has 0 bridgehead atoms. The lowest BCUT2D eigenvalue weighted by atomic mass is 9.88. The van der Waals surface area contributed by atoms with Crippen molar-refractivity contribution in [2.75, 3.05) is 19.7 Å². The van der Waals surface area contributed by atoms with Crippen LogP contribution in [0.15, 0.2) is 0 Å². The zero-order valence-electron chi connectivity index (χ0n) is 15.6. The van der Waals surface area contributed by atoms with Crippen LogP contribution < -0.4 is 0 Å². The van der Waals surface area contributed by atoms with Gasteiger partial charge in [-0.3, -0.25) is 0 Å². The van der Waals surface area contributed by atoms with Crippen LogP contribution in [0.2, 0.25) is 0 Å². The molecule has 0 spiro atoms. The van der Waals surface area contributed by atoms with Gasteiger partial charge in [-0.15, -0.1) is 0 Å². The fourth-order valence-electron chi connectivity index (χ4n) is 2.60. The Labute approximate surface area is 140 Å². The van der Waals surface area contributed by atoms with E-state index in [1.807, 2.05) is 34.6 Å². The Morgan fingerprint density at radius 2 is 1.78 bits per heavy atom. The lowest BCUT2D eigenvalue weighted by Gasteiger charge is -2.41. The minimum Gasteiger partial charge on any atom is -0.444 e. The first-order valence-electron chi connectivity index (χ1n) is 8.56. The molecule has 0 aliphatic carbocycles. The molecule has 0 unspecified atom stereocenters. The zero-order chi connectivity index (χ0) is 17.7. The fraction of sp³-hybridized carbons (Fsp3) is 0.889. The Hall–Kier alpha value is -1.28. The van der Waals surface area contributed by atoms with E-state index in [1.165, 1.54) is 0 Å². The summed E-state index contributed by atoms with van der Waals surface area (Å²) in [7, 11) is 0. The molecule has 1 aliphatic heterocycles. The largest absolute Gasteiger partial charge is 0.444 e. The first-order chi connectivity index (χ1) is 10.5. The molecule has 1 saturated heterocycles. The maximum absolute atomic E-state index is 12.1. The summed E-state index contributed by atoms with van der Waals surface area (Å²) < 4.78 is 11.6. The molecule has 132 valence electrons. The van der Waals surface area contributed by atoms with Crippen LogP contribution in [0.4, 0.5) is 4.79 Å². The van der Waals surface area contributed by atoms with Crippen molar-refractivity contribution in [1.82, 2.24) is 4.90 Å². The van der Waals surface area contributed by atoms with Gasteiger partial charge >= 0.3 is 6.09 Å². The van der Waals surface area contributed by atoms with Gasteiger partial charge in [-0.25, -0.2) is 4.79 Å². The molecule has 1 rings (SSSR count). The van der Waals surface area contributed by atoms with Crippen molar-refractivity contribution in [3.05, 3.63) is 0 Å². The smallest absolute Gasteiger partial charge is 0.410 e. The van der Waals surface area contributed by atoms with Gasteiger partial charge in [0.2, 0.25) is 0 Å². The van der Waals surface area contributed by atoms with Crippen molar-refractivity contribution in [2.24, 2.45) is 5.41 Å². The van der Waals surface area contributed by atoms with E-state index >= 15 is 0 Å². The highest BCUT2D eigenvalue weighted by atomic mass is 16.6. The minimum atomic E-state index is -0.463. The van der Waals surface area contributed by atoms with Gasteiger partial charge < -0.3 is 14.4 Å². The molecule has 0 aromatic carbocycles. The summed E-state index contributed by atoms with van der Waals surface area (Å²) in [6, 6.07) is 2.30. The fourth-order valence-corrected chi connectivity index (χ4v) is 2.60. The van der Waals surface area contributed by atoms with E-state index in [2.05, 4.69) is 13.0 Å². The number of rotatable bonds is 5. The van der Waals surface area contributed by atoms with Crippen LogP contribution in [-0.2, 0) is 9.47 Å². The maximum Gasteiger partial charge on any atom is 0.410 e. The molecule has 1 fully saturated rings. The average molecular weight is 324 g/mol. The highest BCUT2D eigenvalue weighted by molar-refractivity contribution is 5.68. The first kappa shape index (κ1) is 19.8. The lowest BCUT2D eigenvalue weighted by molar-refractivity contribution is -0.0909. The van der Waals surface area contributed by atoms with Crippen molar-refractivity contribution in [1.29, 1.82) is 5.26 Å². The summed E-state index contributed by atoms with van der Waals surface area (Å²) in [5.74, 6) is 0. The van der Waals surface area contributed by atoms with Crippen LogP contribution >= 0.6 is 0 Å². The van der Waals surface area contributed by atoms with E-state index in [4.69, 9.17) is 14.7 Å². The van der Waals surface area contributed by atoms with Crippen molar-refractivity contribution in [2.45, 2.75) is 78.4 Å². The first-order valence-corrected chi connectivity index (χ1v) is 8.56. The zero-order valence-corrected chi connectivity index (χ0v) is 15.6. The van der Waals surface area contributed by atoms with Gasteiger partial charge in [0.25, 0.3) is 0 Å². The molecule has 0 saturated carbocycles. The summed E-state index contributed by atoms with van der Waals surface area (Å²) in [6.45, 7) is 13.5. The van der Waals surface area contributed by atoms with Crippen molar-refractivity contribution < 1.29 is 14.3 Å². The molecule has 23 heavy (non-hydrogen) atoms. The monoisotopic (exact) mass is 324 g/mol. The van der Waals surface area contributed by atoms with Crippen molar-refractivity contribution in [3.8, 4) is 6.07 Å². The second kappa shape index (κ2) is 7.53. The molecule has 1 heterocycles. The summed E-state index contributed by atoms with van der Waals surface area (Å²) in [6.07, 6.45) is 3.03. The summed E-state index contributed by atoms with van der Waals surface area (Å²) in [4.78, 5) is 13.9. The minimum absolute atomic E-state index is 0.177. The van der Waals surface area contributed by atoms with E-state index < -0.39 is 5.60 Å². The van der Waals surface area contributed by atoms with E-state index in [-0.39, 0.29) is 17.1 Å². The van der Waals surface area contributed by atoms with Crippen LogP contribution in [0.1, 0.15) is 67.2 Å². The van der Waals surface area contributed by atoms with Gasteiger partial charge in [0.1, 0.15) is 5.60 Å². The molecule has 5 nitrogen and oxygen atoms in total. The van der Waals surface area contributed by atoms with Crippen LogP contribution in [0.5, 0.6) is 0 Å². The Morgan fingerprint density at radius 3 is 2.22 bits per heavy atom. The Kier molecular flexibility index (Phi) is 6.47. The summed E-state index contributed by atoms with van der Waals surface area (Å²) >= 11 is 0. The van der Waals surface area contributed by atoms with E-state index in [0.717, 1.165) is 25.7 Å². The van der Waals surface area contributed by atoms with Crippen LogP contribution in [0.3, 0.4) is 0 Å². The highest BCUT2D eigenvalue weighted by Crippen LogP contribution is 2.31. The maximum atomic E-state index is 12.1. The van der Waals surface area contributed by atoms with Gasteiger partial charge in [-0.1, -0.05) is 6.92 Å². The second-order valence-corrected chi connectivity index (χ2v) is 8.10. The van der Waals surface area contributed by atoms with Gasteiger partial charge in [0.05, 0.1) is 17.1 Å². The SMILES string of the molecule is CCC1(OCCC(C)(C)C#N)CCN(C(=O)OC(C)(C)C)CC1. The topological polar surface area (TPSA) is 62.6 Å². The third-order valence-electron chi connectivity index (χ3n) is 4.41. The number of nitrogens with zero attached hydrogens (tertiary/aromatic N) is 2. The van der Waals surface area contributed by atoms with Crippen molar-refractivity contribution >= 4 is 6.09 Å². The number of hydrogen-bond donors (Lipinski definition) is 0. The standard InChI is InChI=1S/C18H32N2O3/c1-7-18(22-13-10-17(5,6)14-19)8-11-20(12-9-18)15(21)23-16(2,3)4/h7-13H2,1-6H3. The molecular weight excluding hydrogens is 292 g/mol. The number of amides is 1. The van der Waals surface area contributed by atoms with Gasteiger partial charge in [-0.2, -0.15) is 5.26 Å². The molecule has 5 heteroatoms. The van der Waals surface area contributed by atoms with Gasteiger partial charge in [-0.05, 0) is 60.3 Å². The number of likely N-dealkylation sites (tertiary alicyclic amines) is 1. The Morgan fingerprint density at radius 1 is 1.22 bits per heavy atom. The van der Waals surface area contributed by atoms with Crippen LogP contribution in [-0.4, -0.2) is 41.9 Å². The quantitative estimate of drug-likeness (QED) is 0.763.